The molecule has 2 aromatic rings. The minimum absolute atomic E-state index is 0.385. The first-order valence-electron chi connectivity index (χ1n) is 6.90. The van der Waals surface area contributed by atoms with Crippen molar-refractivity contribution in [2.24, 2.45) is 0 Å². The maximum atomic E-state index is 11.2. The number of carboxylic acids is 1. The van der Waals surface area contributed by atoms with Crippen molar-refractivity contribution in [3.05, 3.63) is 40.8 Å². The van der Waals surface area contributed by atoms with Crippen LogP contribution < -0.4 is 0 Å². The molecule has 1 aliphatic heterocycles. The number of benzene rings is 1. The number of imidazole rings is 1. The number of nitrogens with zero attached hydrogens (tertiary/aromatic N) is 2. The van der Waals surface area contributed by atoms with E-state index in [2.05, 4.69) is 25.9 Å². The highest BCUT2D eigenvalue weighted by Gasteiger charge is 2.30. The van der Waals surface area contributed by atoms with Crippen LogP contribution in [0.2, 0.25) is 0 Å². The summed E-state index contributed by atoms with van der Waals surface area (Å²) >= 11 is 3.45. The maximum Gasteiger partial charge on any atom is 0.320 e. The number of rotatable bonds is 4. The van der Waals surface area contributed by atoms with Crippen LogP contribution in [0.4, 0.5) is 0 Å². The molecule has 0 spiro atoms. The molecule has 0 bridgehead atoms. The lowest BCUT2D eigenvalue weighted by atomic mass is 10.2. The highest BCUT2D eigenvalue weighted by molar-refractivity contribution is 9.10. The lowest BCUT2D eigenvalue weighted by molar-refractivity contribution is -0.142. The zero-order valence-corrected chi connectivity index (χ0v) is 13.0. The van der Waals surface area contributed by atoms with Crippen LogP contribution in [0.25, 0.3) is 11.3 Å². The van der Waals surface area contributed by atoms with Crippen molar-refractivity contribution in [1.29, 1.82) is 0 Å². The van der Waals surface area contributed by atoms with Gasteiger partial charge in [0, 0.05) is 10.0 Å². The van der Waals surface area contributed by atoms with Crippen LogP contribution in [-0.2, 0) is 11.3 Å². The molecule has 1 saturated heterocycles. The van der Waals surface area contributed by atoms with Gasteiger partial charge in [0.25, 0.3) is 0 Å². The molecule has 1 aliphatic rings. The van der Waals surface area contributed by atoms with E-state index in [-0.39, 0.29) is 6.04 Å². The van der Waals surface area contributed by atoms with E-state index in [1.165, 1.54) is 0 Å². The standard InChI is InChI=1S/C15H16BrN3O2/c16-11-4-1-3-10(7-11)12-8-17-14(18-12)9-19-6-2-5-13(19)15(20)21/h1,3-4,7-8,13H,2,5-6,9H2,(H,17,18)(H,20,21)/t13-/m0/s1. The van der Waals surface area contributed by atoms with E-state index in [0.717, 1.165) is 34.5 Å². The molecule has 0 amide bonds. The van der Waals surface area contributed by atoms with Gasteiger partial charge in [-0.1, -0.05) is 28.1 Å². The van der Waals surface area contributed by atoms with Crippen molar-refractivity contribution in [2.45, 2.75) is 25.4 Å². The minimum atomic E-state index is -0.744. The first-order chi connectivity index (χ1) is 10.1. The molecule has 5 nitrogen and oxygen atoms in total. The average molecular weight is 350 g/mol. The van der Waals surface area contributed by atoms with Gasteiger partial charge in [-0.15, -0.1) is 0 Å². The Morgan fingerprint density at radius 1 is 1.52 bits per heavy atom. The number of halogens is 1. The third kappa shape index (κ3) is 3.16. The van der Waals surface area contributed by atoms with Crippen LogP contribution in [0.3, 0.4) is 0 Å². The maximum absolute atomic E-state index is 11.2. The predicted molar refractivity (Wildman–Crippen MR) is 82.8 cm³/mol. The fourth-order valence-electron chi connectivity index (χ4n) is 2.73. The molecule has 6 heteroatoms. The first kappa shape index (κ1) is 14.3. The number of hydrogen-bond acceptors (Lipinski definition) is 3. The van der Waals surface area contributed by atoms with Crippen LogP contribution >= 0.6 is 15.9 Å². The van der Waals surface area contributed by atoms with Crippen molar-refractivity contribution in [3.8, 4) is 11.3 Å². The molecule has 1 aromatic carbocycles. The van der Waals surface area contributed by atoms with Gasteiger partial charge in [0.2, 0.25) is 0 Å². The number of hydrogen-bond donors (Lipinski definition) is 2. The Labute approximate surface area is 131 Å². The van der Waals surface area contributed by atoms with E-state index in [1.54, 1.807) is 6.20 Å². The second-order valence-corrected chi connectivity index (χ2v) is 6.14. The van der Waals surface area contributed by atoms with Crippen molar-refractivity contribution in [2.75, 3.05) is 6.54 Å². The number of carboxylic acid groups (broad SMARTS) is 1. The van der Waals surface area contributed by atoms with Crippen LogP contribution in [0.1, 0.15) is 18.7 Å². The first-order valence-corrected chi connectivity index (χ1v) is 7.69. The fraction of sp³-hybridized carbons (Fsp3) is 0.333. The molecule has 1 atom stereocenters. The molecule has 1 fully saturated rings. The zero-order chi connectivity index (χ0) is 14.8. The molecule has 21 heavy (non-hydrogen) atoms. The van der Waals surface area contributed by atoms with Crippen LogP contribution in [0, 0.1) is 0 Å². The van der Waals surface area contributed by atoms with Crippen molar-refractivity contribution in [1.82, 2.24) is 14.9 Å². The van der Waals surface area contributed by atoms with Gasteiger partial charge in [0.15, 0.2) is 0 Å². The summed E-state index contributed by atoms with van der Waals surface area (Å²) in [7, 11) is 0. The molecule has 0 radical (unpaired) electrons. The number of aromatic nitrogens is 2. The summed E-state index contributed by atoms with van der Waals surface area (Å²) in [6.07, 6.45) is 3.44. The molecule has 2 heterocycles. The predicted octanol–water partition coefficient (Wildman–Crippen LogP) is 2.89. The van der Waals surface area contributed by atoms with E-state index in [9.17, 15) is 9.90 Å². The minimum Gasteiger partial charge on any atom is -0.480 e. The van der Waals surface area contributed by atoms with Gasteiger partial charge >= 0.3 is 5.97 Å². The highest BCUT2D eigenvalue weighted by atomic mass is 79.9. The summed E-state index contributed by atoms with van der Waals surface area (Å²) in [6.45, 7) is 1.36. The Kier molecular flexibility index (Phi) is 4.07. The molecular formula is C15H16BrN3O2. The van der Waals surface area contributed by atoms with Gasteiger partial charge in [-0.2, -0.15) is 0 Å². The summed E-state index contributed by atoms with van der Waals surface area (Å²) in [5.74, 6) is 0.0596. The molecule has 0 saturated carbocycles. The van der Waals surface area contributed by atoms with Crippen LogP contribution in [0.15, 0.2) is 34.9 Å². The zero-order valence-electron chi connectivity index (χ0n) is 11.4. The van der Waals surface area contributed by atoms with Gasteiger partial charge < -0.3 is 10.1 Å². The highest BCUT2D eigenvalue weighted by Crippen LogP contribution is 2.23. The molecule has 3 rings (SSSR count). The van der Waals surface area contributed by atoms with Crippen molar-refractivity contribution < 1.29 is 9.90 Å². The number of aromatic amines is 1. The topological polar surface area (TPSA) is 69.2 Å². The number of H-pyrrole nitrogens is 1. The van der Waals surface area contributed by atoms with Gasteiger partial charge in [-0.3, -0.25) is 9.69 Å². The molecule has 1 aromatic heterocycles. The summed E-state index contributed by atoms with van der Waals surface area (Å²) in [5, 5.41) is 9.20. The van der Waals surface area contributed by atoms with Crippen LogP contribution in [-0.4, -0.2) is 38.5 Å². The SMILES string of the molecule is O=C(O)[C@@H]1CCCN1Cc1ncc(-c2cccc(Br)c2)[nH]1. The van der Waals surface area contributed by atoms with Gasteiger partial charge in [-0.25, -0.2) is 4.98 Å². The summed E-state index contributed by atoms with van der Waals surface area (Å²) in [6, 6.07) is 7.60. The monoisotopic (exact) mass is 349 g/mol. The van der Waals surface area contributed by atoms with Crippen molar-refractivity contribution in [3.63, 3.8) is 0 Å². The number of likely N-dealkylation sites (tertiary alicyclic amines) is 1. The Hall–Kier alpha value is -1.66. The number of aliphatic carboxylic acids is 1. The lowest BCUT2D eigenvalue weighted by Gasteiger charge is -2.19. The smallest absolute Gasteiger partial charge is 0.320 e. The Morgan fingerprint density at radius 2 is 2.38 bits per heavy atom. The third-order valence-electron chi connectivity index (χ3n) is 3.77. The number of carbonyl (C=O) groups is 1. The molecule has 110 valence electrons. The molecule has 0 unspecified atom stereocenters. The Morgan fingerprint density at radius 3 is 3.14 bits per heavy atom. The lowest BCUT2D eigenvalue weighted by Crippen LogP contribution is -2.35. The second kappa shape index (κ2) is 5.99. The second-order valence-electron chi connectivity index (χ2n) is 5.22. The van der Waals surface area contributed by atoms with Crippen LogP contribution in [0.5, 0.6) is 0 Å². The van der Waals surface area contributed by atoms with E-state index in [4.69, 9.17) is 0 Å². The Bertz CT molecular complexity index is 656. The van der Waals surface area contributed by atoms with Crippen molar-refractivity contribution >= 4 is 21.9 Å². The van der Waals surface area contributed by atoms with E-state index < -0.39 is 5.97 Å². The van der Waals surface area contributed by atoms with E-state index in [1.807, 2.05) is 29.2 Å². The fourth-order valence-corrected chi connectivity index (χ4v) is 3.13. The van der Waals surface area contributed by atoms with Gasteiger partial charge in [0.1, 0.15) is 11.9 Å². The average Bonchev–Trinajstić information content (AvgIpc) is 3.08. The largest absolute Gasteiger partial charge is 0.480 e. The van der Waals surface area contributed by atoms with Gasteiger partial charge in [-0.05, 0) is 31.5 Å². The summed E-state index contributed by atoms with van der Waals surface area (Å²) < 4.78 is 1.02. The quantitative estimate of drug-likeness (QED) is 0.890. The molecule has 0 aliphatic carbocycles. The third-order valence-corrected chi connectivity index (χ3v) is 4.26. The van der Waals surface area contributed by atoms with E-state index >= 15 is 0 Å². The molecular weight excluding hydrogens is 334 g/mol. The van der Waals surface area contributed by atoms with Gasteiger partial charge in [0.05, 0.1) is 18.4 Å². The van der Waals surface area contributed by atoms with E-state index in [0.29, 0.717) is 13.0 Å². The normalized spacial score (nSPS) is 19.0. The summed E-state index contributed by atoms with van der Waals surface area (Å²) in [5.41, 5.74) is 2.00. The molecule has 2 N–H and O–H groups in total. The summed E-state index contributed by atoms with van der Waals surface area (Å²) in [4.78, 5) is 20.8. The number of nitrogens with one attached hydrogen (secondary N) is 1. The Balaban J connectivity index is 1.75.